The number of hydrogen-bond acceptors (Lipinski definition) is 4. The van der Waals surface area contributed by atoms with Gasteiger partial charge in [-0.15, -0.1) is 11.8 Å². The molecule has 1 aliphatic rings. The molecule has 98 valence electrons. The molecule has 0 fully saturated rings. The monoisotopic (exact) mass is 271 g/mol. The number of hydrogen-bond donors (Lipinski definition) is 2. The van der Waals surface area contributed by atoms with Crippen molar-refractivity contribution in [3.8, 4) is 0 Å². The topological polar surface area (TPSA) is 50.9 Å². The lowest BCUT2D eigenvalue weighted by Crippen LogP contribution is -2.32. The van der Waals surface area contributed by atoms with Gasteiger partial charge in [0.1, 0.15) is 0 Å². The Balaban J connectivity index is 1.96. The zero-order chi connectivity index (χ0) is 13.2. The Bertz CT molecular complexity index is 585. The number of pyridine rings is 1. The quantitative estimate of drug-likeness (QED) is 0.666. The van der Waals surface area contributed by atoms with Gasteiger partial charge in [-0.05, 0) is 29.7 Å². The van der Waals surface area contributed by atoms with E-state index in [4.69, 9.17) is 5.84 Å². The zero-order valence-electron chi connectivity index (χ0n) is 10.8. The van der Waals surface area contributed by atoms with Crippen LogP contribution in [0.2, 0.25) is 0 Å². The normalized spacial score (nSPS) is 19.2. The minimum atomic E-state index is 0.114. The highest BCUT2D eigenvalue weighted by Crippen LogP contribution is 2.45. The molecule has 0 bridgehead atoms. The van der Waals surface area contributed by atoms with Crippen LogP contribution in [0.25, 0.3) is 0 Å². The second-order valence-corrected chi connectivity index (χ2v) is 5.96. The number of aryl methyl sites for hydroxylation is 1. The highest BCUT2D eigenvalue weighted by atomic mass is 32.2. The summed E-state index contributed by atoms with van der Waals surface area (Å²) in [6, 6.07) is 10.8. The summed E-state index contributed by atoms with van der Waals surface area (Å²) >= 11 is 1.90. The van der Waals surface area contributed by atoms with Crippen molar-refractivity contribution in [3.05, 3.63) is 59.4 Å². The van der Waals surface area contributed by atoms with Crippen LogP contribution in [0.4, 0.5) is 0 Å². The maximum atomic E-state index is 5.80. The molecule has 2 unspecified atom stereocenters. The predicted octanol–water partition coefficient (Wildman–Crippen LogP) is 2.78. The van der Waals surface area contributed by atoms with Gasteiger partial charge >= 0.3 is 0 Å². The minimum Gasteiger partial charge on any atom is -0.271 e. The molecule has 3 rings (SSSR count). The molecule has 0 saturated heterocycles. The Morgan fingerprint density at radius 1 is 1.37 bits per heavy atom. The fourth-order valence-corrected chi connectivity index (χ4v) is 3.95. The number of nitrogens with two attached hydrogens (primary N) is 1. The van der Waals surface area contributed by atoms with E-state index in [1.54, 1.807) is 0 Å². The second kappa shape index (κ2) is 5.33. The summed E-state index contributed by atoms with van der Waals surface area (Å²) in [5, 5.41) is 0. The Labute approximate surface area is 117 Å². The van der Waals surface area contributed by atoms with Crippen LogP contribution in [0.15, 0.2) is 47.6 Å². The maximum absolute atomic E-state index is 5.80. The smallest absolute Gasteiger partial charge is 0.0552 e. The molecule has 1 aromatic carbocycles. The summed E-state index contributed by atoms with van der Waals surface area (Å²) in [6.07, 6.45) is 3.78. The molecule has 4 heteroatoms. The van der Waals surface area contributed by atoms with E-state index in [1.165, 1.54) is 10.5 Å². The van der Waals surface area contributed by atoms with E-state index >= 15 is 0 Å². The van der Waals surface area contributed by atoms with Crippen molar-refractivity contribution in [2.24, 2.45) is 5.84 Å². The first-order valence-corrected chi connectivity index (χ1v) is 7.37. The van der Waals surface area contributed by atoms with Crippen molar-refractivity contribution >= 4 is 11.8 Å². The Morgan fingerprint density at radius 2 is 2.21 bits per heavy atom. The van der Waals surface area contributed by atoms with Gasteiger partial charge in [0.25, 0.3) is 0 Å². The zero-order valence-corrected chi connectivity index (χ0v) is 11.7. The van der Waals surface area contributed by atoms with Crippen LogP contribution < -0.4 is 11.3 Å². The van der Waals surface area contributed by atoms with Gasteiger partial charge in [0.05, 0.1) is 6.04 Å². The molecule has 1 aliphatic heterocycles. The molecule has 0 spiro atoms. The third-order valence-corrected chi connectivity index (χ3v) is 4.78. The highest BCUT2D eigenvalue weighted by Gasteiger charge is 2.30. The number of hydrazine groups is 1. The van der Waals surface area contributed by atoms with Crippen LogP contribution in [-0.2, 0) is 0 Å². The summed E-state index contributed by atoms with van der Waals surface area (Å²) in [4.78, 5) is 5.65. The van der Waals surface area contributed by atoms with Gasteiger partial charge in [-0.1, -0.05) is 24.3 Å². The Hall–Kier alpha value is -1.36. The van der Waals surface area contributed by atoms with Gasteiger partial charge in [-0.2, -0.15) is 0 Å². The summed E-state index contributed by atoms with van der Waals surface area (Å²) in [5.74, 6) is 7.26. The molecule has 19 heavy (non-hydrogen) atoms. The summed E-state index contributed by atoms with van der Waals surface area (Å²) < 4.78 is 0. The number of rotatable bonds is 3. The van der Waals surface area contributed by atoms with Crippen molar-refractivity contribution in [1.82, 2.24) is 10.4 Å². The molecule has 0 amide bonds. The maximum Gasteiger partial charge on any atom is 0.0552 e. The SMILES string of the molecule is Cc1cncc(C(NN)C2CSc3ccccc32)c1. The molecule has 0 saturated carbocycles. The predicted molar refractivity (Wildman–Crippen MR) is 78.9 cm³/mol. The van der Waals surface area contributed by atoms with Gasteiger partial charge < -0.3 is 0 Å². The molecule has 1 aromatic heterocycles. The Kier molecular flexibility index (Phi) is 3.55. The number of thioether (sulfide) groups is 1. The van der Waals surface area contributed by atoms with Crippen molar-refractivity contribution in [2.45, 2.75) is 23.8 Å². The fraction of sp³-hybridized carbons (Fsp3) is 0.267. The van der Waals surface area contributed by atoms with E-state index in [2.05, 4.69) is 47.7 Å². The molecule has 3 nitrogen and oxygen atoms in total. The van der Waals surface area contributed by atoms with Gasteiger partial charge in [-0.3, -0.25) is 16.3 Å². The molecule has 0 aliphatic carbocycles. The van der Waals surface area contributed by atoms with Crippen molar-refractivity contribution in [1.29, 1.82) is 0 Å². The molecule has 2 heterocycles. The van der Waals surface area contributed by atoms with E-state index in [0.29, 0.717) is 5.92 Å². The summed E-state index contributed by atoms with van der Waals surface area (Å²) in [7, 11) is 0. The number of fused-ring (bicyclic) bond motifs is 1. The average Bonchev–Trinajstić information content (AvgIpc) is 2.84. The highest BCUT2D eigenvalue weighted by molar-refractivity contribution is 7.99. The molecule has 0 radical (unpaired) electrons. The van der Waals surface area contributed by atoms with Crippen molar-refractivity contribution in [2.75, 3.05) is 5.75 Å². The standard InChI is InChI=1S/C15H17N3S/c1-10-6-11(8-17-7-10)15(18-16)13-9-19-14-5-3-2-4-12(13)14/h2-8,13,15,18H,9,16H2,1H3. The molecular formula is C15H17N3S. The van der Waals surface area contributed by atoms with Gasteiger partial charge in [0.15, 0.2) is 0 Å². The Morgan fingerprint density at radius 3 is 3.00 bits per heavy atom. The first kappa shape index (κ1) is 12.7. The lowest BCUT2D eigenvalue weighted by atomic mass is 9.89. The van der Waals surface area contributed by atoms with Crippen LogP contribution >= 0.6 is 11.8 Å². The lowest BCUT2D eigenvalue weighted by Gasteiger charge is -2.23. The molecular weight excluding hydrogens is 254 g/mol. The lowest BCUT2D eigenvalue weighted by molar-refractivity contribution is 0.484. The first-order valence-electron chi connectivity index (χ1n) is 6.39. The van der Waals surface area contributed by atoms with Crippen LogP contribution in [-0.4, -0.2) is 10.7 Å². The summed E-state index contributed by atoms with van der Waals surface area (Å²) in [6.45, 7) is 2.06. The van der Waals surface area contributed by atoms with Crippen molar-refractivity contribution in [3.63, 3.8) is 0 Å². The first-order chi connectivity index (χ1) is 9.29. The number of nitrogens with zero attached hydrogens (tertiary/aromatic N) is 1. The second-order valence-electron chi connectivity index (χ2n) is 4.90. The number of nitrogens with one attached hydrogen (secondary N) is 1. The third-order valence-electron chi connectivity index (χ3n) is 3.57. The van der Waals surface area contributed by atoms with Gasteiger partial charge in [-0.25, -0.2) is 0 Å². The molecule has 3 N–H and O–H groups in total. The van der Waals surface area contributed by atoms with Crippen LogP contribution in [0, 0.1) is 6.92 Å². The van der Waals surface area contributed by atoms with Gasteiger partial charge in [0.2, 0.25) is 0 Å². The van der Waals surface area contributed by atoms with E-state index in [0.717, 1.165) is 16.9 Å². The number of benzene rings is 1. The van der Waals surface area contributed by atoms with Crippen LogP contribution in [0.3, 0.4) is 0 Å². The van der Waals surface area contributed by atoms with E-state index < -0.39 is 0 Å². The van der Waals surface area contributed by atoms with Crippen molar-refractivity contribution < 1.29 is 0 Å². The minimum absolute atomic E-state index is 0.114. The molecule has 2 aromatic rings. The largest absolute Gasteiger partial charge is 0.271 e. The fourth-order valence-electron chi connectivity index (χ4n) is 2.66. The van der Waals surface area contributed by atoms with Crippen LogP contribution in [0.1, 0.15) is 28.7 Å². The summed E-state index contributed by atoms with van der Waals surface area (Å²) in [5.41, 5.74) is 6.68. The van der Waals surface area contributed by atoms with E-state index in [1.807, 2.05) is 24.2 Å². The average molecular weight is 271 g/mol. The number of aromatic nitrogens is 1. The third kappa shape index (κ3) is 2.39. The van der Waals surface area contributed by atoms with Crippen LogP contribution in [0.5, 0.6) is 0 Å². The van der Waals surface area contributed by atoms with E-state index in [9.17, 15) is 0 Å². The van der Waals surface area contributed by atoms with E-state index in [-0.39, 0.29) is 6.04 Å². The van der Waals surface area contributed by atoms with Gasteiger partial charge in [0, 0.05) is 29.0 Å². The molecule has 2 atom stereocenters.